The average molecular weight is 236 g/mol. The summed E-state index contributed by atoms with van der Waals surface area (Å²) in [6.45, 7) is -0.544. The summed E-state index contributed by atoms with van der Waals surface area (Å²) in [6.07, 6.45) is -2.47. The maximum Gasteiger partial charge on any atom is 0.336 e. The van der Waals surface area contributed by atoms with Crippen LogP contribution in [-0.4, -0.2) is 28.0 Å². The van der Waals surface area contributed by atoms with E-state index in [0.717, 1.165) is 5.39 Å². The summed E-state index contributed by atoms with van der Waals surface area (Å²) in [5, 5.41) is 28.5. The molecule has 90 valence electrons. The fraction of sp³-hybridized carbons (Fsp3) is 0.250. The summed E-state index contributed by atoms with van der Waals surface area (Å²) in [7, 11) is 0. The standard InChI is InChI=1S/C12H12O5/c13-6-9(14)12(16)8-2-1-7-3-4-11(15)17-10(7)5-8/h1-5,9,12-14,16H,6H2. The van der Waals surface area contributed by atoms with Crippen molar-refractivity contribution in [3.05, 3.63) is 46.3 Å². The minimum Gasteiger partial charge on any atom is -0.423 e. The Labute approximate surface area is 96.6 Å². The molecule has 0 spiro atoms. The second-order valence-corrected chi connectivity index (χ2v) is 3.75. The number of benzene rings is 1. The van der Waals surface area contributed by atoms with Crippen LogP contribution in [0.2, 0.25) is 0 Å². The van der Waals surface area contributed by atoms with Crippen molar-refractivity contribution >= 4 is 11.0 Å². The zero-order valence-electron chi connectivity index (χ0n) is 8.91. The molecule has 17 heavy (non-hydrogen) atoms. The van der Waals surface area contributed by atoms with Crippen LogP contribution in [0.4, 0.5) is 0 Å². The Hall–Kier alpha value is -1.69. The van der Waals surface area contributed by atoms with Gasteiger partial charge in [0.05, 0.1) is 6.61 Å². The molecule has 5 heteroatoms. The van der Waals surface area contributed by atoms with Crippen LogP contribution in [0.25, 0.3) is 11.0 Å². The number of aliphatic hydroxyl groups is 3. The van der Waals surface area contributed by atoms with E-state index in [1.54, 1.807) is 18.2 Å². The van der Waals surface area contributed by atoms with Crippen LogP contribution < -0.4 is 5.63 Å². The van der Waals surface area contributed by atoms with E-state index in [-0.39, 0.29) is 0 Å². The summed E-state index contributed by atoms with van der Waals surface area (Å²) in [4.78, 5) is 11.0. The quantitative estimate of drug-likeness (QED) is 0.661. The maximum absolute atomic E-state index is 11.0. The summed E-state index contributed by atoms with van der Waals surface area (Å²) >= 11 is 0. The molecule has 1 aromatic carbocycles. The third-order valence-corrected chi connectivity index (χ3v) is 2.54. The number of fused-ring (bicyclic) bond motifs is 1. The van der Waals surface area contributed by atoms with Crippen LogP contribution in [0.1, 0.15) is 11.7 Å². The molecule has 0 saturated heterocycles. The van der Waals surface area contributed by atoms with Crippen molar-refractivity contribution in [3.63, 3.8) is 0 Å². The van der Waals surface area contributed by atoms with Crippen molar-refractivity contribution in [2.75, 3.05) is 6.61 Å². The Bertz CT molecular complexity index is 574. The summed E-state index contributed by atoms with van der Waals surface area (Å²) < 4.78 is 4.96. The number of hydrogen-bond acceptors (Lipinski definition) is 5. The SMILES string of the molecule is O=c1ccc2ccc(C(O)C(O)CO)cc2o1. The van der Waals surface area contributed by atoms with Gasteiger partial charge in [-0.15, -0.1) is 0 Å². The molecular formula is C12H12O5. The van der Waals surface area contributed by atoms with E-state index in [2.05, 4.69) is 0 Å². The first-order chi connectivity index (χ1) is 8.11. The summed E-state index contributed by atoms with van der Waals surface area (Å²) in [6, 6.07) is 7.66. The van der Waals surface area contributed by atoms with Crippen molar-refractivity contribution in [2.24, 2.45) is 0 Å². The van der Waals surface area contributed by atoms with Gasteiger partial charge < -0.3 is 19.7 Å². The van der Waals surface area contributed by atoms with Gasteiger partial charge in [0.15, 0.2) is 0 Å². The van der Waals surface area contributed by atoms with Gasteiger partial charge in [-0.25, -0.2) is 4.79 Å². The third kappa shape index (κ3) is 2.36. The summed E-state index contributed by atoms with van der Waals surface area (Å²) in [5.74, 6) is 0. The molecule has 0 aliphatic rings. The lowest BCUT2D eigenvalue weighted by molar-refractivity contribution is -0.0152. The van der Waals surface area contributed by atoms with Crippen molar-refractivity contribution in [3.8, 4) is 0 Å². The zero-order valence-corrected chi connectivity index (χ0v) is 8.91. The second-order valence-electron chi connectivity index (χ2n) is 3.75. The van der Waals surface area contributed by atoms with Gasteiger partial charge in [0.1, 0.15) is 17.8 Å². The Kier molecular flexibility index (Phi) is 3.23. The van der Waals surface area contributed by atoms with Gasteiger partial charge in [0, 0.05) is 11.5 Å². The molecule has 0 aliphatic heterocycles. The van der Waals surface area contributed by atoms with Crippen molar-refractivity contribution in [2.45, 2.75) is 12.2 Å². The topological polar surface area (TPSA) is 90.9 Å². The van der Waals surface area contributed by atoms with Gasteiger partial charge >= 0.3 is 5.63 Å². The van der Waals surface area contributed by atoms with Crippen LogP contribution in [0.15, 0.2) is 39.5 Å². The van der Waals surface area contributed by atoms with Gasteiger partial charge in [-0.05, 0) is 17.7 Å². The molecule has 0 radical (unpaired) electrons. The smallest absolute Gasteiger partial charge is 0.336 e. The van der Waals surface area contributed by atoms with Crippen LogP contribution in [0.5, 0.6) is 0 Å². The highest BCUT2D eigenvalue weighted by Gasteiger charge is 2.17. The highest BCUT2D eigenvalue weighted by atomic mass is 16.4. The van der Waals surface area contributed by atoms with Gasteiger partial charge in [0.25, 0.3) is 0 Å². The molecule has 2 unspecified atom stereocenters. The Morgan fingerprint density at radius 2 is 1.88 bits per heavy atom. The molecule has 2 rings (SSSR count). The molecule has 0 amide bonds. The molecule has 2 atom stereocenters. The van der Waals surface area contributed by atoms with Crippen LogP contribution in [-0.2, 0) is 0 Å². The minimum absolute atomic E-state index is 0.333. The molecule has 3 N–H and O–H groups in total. The molecular weight excluding hydrogens is 224 g/mol. The predicted octanol–water partition coefficient (Wildman–Crippen LogP) is 0.180. The van der Waals surface area contributed by atoms with E-state index in [4.69, 9.17) is 9.52 Å². The Balaban J connectivity index is 2.46. The molecule has 0 bridgehead atoms. The first-order valence-corrected chi connectivity index (χ1v) is 5.12. The molecule has 0 fully saturated rings. The van der Waals surface area contributed by atoms with Gasteiger partial charge in [-0.2, -0.15) is 0 Å². The van der Waals surface area contributed by atoms with E-state index in [1.165, 1.54) is 12.1 Å². The molecule has 2 aromatic rings. The normalized spacial score (nSPS) is 14.8. The lowest BCUT2D eigenvalue weighted by Gasteiger charge is -2.15. The number of hydrogen-bond donors (Lipinski definition) is 3. The average Bonchev–Trinajstić information content (AvgIpc) is 2.36. The van der Waals surface area contributed by atoms with E-state index >= 15 is 0 Å². The molecule has 0 aliphatic carbocycles. The summed E-state index contributed by atoms with van der Waals surface area (Å²) in [5.41, 5.74) is 0.236. The lowest BCUT2D eigenvalue weighted by Crippen LogP contribution is -2.21. The van der Waals surface area contributed by atoms with E-state index in [9.17, 15) is 15.0 Å². The predicted molar refractivity (Wildman–Crippen MR) is 60.5 cm³/mol. The first kappa shape index (κ1) is 11.8. The fourth-order valence-electron chi connectivity index (χ4n) is 1.58. The molecule has 5 nitrogen and oxygen atoms in total. The van der Waals surface area contributed by atoms with Crippen molar-refractivity contribution in [1.82, 2.24) is 0 Å². The van der Waals surface area contributed by atoms with Crippen LogP contribution >= 0.6 is 0 Å². The minimum atomic E-state index is -1.26. The van der Waals surface area contributed by atoms with Crippen LogP contribution in [0, 0.1) is 0 Å². The third-order valence-electron chi connectivity index (χ3n) is 2.54. The fourth-order valence-corrected chi connectivity index (χ4v) is 1.58. The first-order valence-electron chi connectivity index (χ1n) is 5.12. The van der Waals surface area contributed by atoms with Crippen LogP contribution in [0.3, 0.4) is 0 Å². The number of aliphatic hydroxyl groups excluding tert-OH is 3. The van der Waals surface area contributed by atoms with Gasteiger partial charge in [-0.3, -0.25) is 0 Å². The van der Waals surface area contributed by atoms with Crippen molar-refractivity contribution in [1.29, 1.82) is 0 Å². The zero-order chi connectivity index (χ0) is 12.4. The Morgan fingerprint density at radius 3 is 2.59 bits per heavy atom. The monoisotopic (exact) mass is 236 g/mol. The molecule has 0 saturated carbocycles. The van der Waals surface area contributed by atoms with E-state index in [0.29, 0.717) is 11.1 Å². The second kappa shape index (κ2) is 4.67. The Morgan fingerprint density at radius 1 is 1.18 bits per heavy atom. The highest BCUT2D eigenvalue weighted by molar-refractivity contribution is 5.77. The van der Waals surface area contributed by atoms with E-state index < -0.39 is 24.4 Å². The van der Waals surface area contributed by atoms with Crippen molar-refractivity contribution < 1.29 is 19.7 Å². The largest absolute Gasteiger partial charge is 0.423 e. The van der Waals surface area contributed by atoms with Gasteiger partial charge in [-0.1, -0.05) is 12.1 Å². The highest BCUT2D eigenvalue weighted by Crippen LogP contribution is 2.21. The number of rotatable bonds is 3. The lowest BCUT2D eigenvalue weighted by atomic mass is 10.0. The molecule has 1 aromatic heterocycles. The van der Waals surface area contributed by atoms with Gasteiger partial charge in [0.2, 0.25) is 0 Å². The maximum atomic E-state index is 11.0. The molecule has 1 heterocycles. The van der Waals surface area contributed by atoms with E-state index in [1.807, 2.05) is 0 Å².